The molecule has 0 spiro atoms. The Morgan fingerprint density at radius 1 is 1.25 bits per heavy atom. The zero-order valence-corrected chi connectivity index (χ0v) is 12.1. The van der Waals surface area contributed by atoms with Crippen LogP contribution in [0.3, 0.4) is 0 Å². The quantitative estimate of drug-likeness (QED) is 0.850. The molecule has 2 aliphatic rings. The van der Waals surface area contributed by atoms with Crippen molar-refractivity contribution < 1.29 is 9.47 Å². The van der Waals surface area contributed by atoms with Crippen LogP contribution in [0.1, 0.15) is 37.7 Å². The molecule has 106 valence electrons. The molecule has 0 N–H and O–H groups in total. The van der Waals surface area contributed by atoms with Gasteiger partial charge in [-0.15, -0.1) is 0 Å². The number of nitrogens with zero attached hydrogens (tertiary/aromatic N) is 1. The molecule has 1 heterocycles. The molecule has 1 aliphatic carbocycles. The van der Waals surface area contributed by atoms with Gasteiger partial charge in [0.1, 0.15) is 0 Å². The lowest BCUT2D eigenvalue weighted by molar-refractivity contribution is -0.209. The molecule has 0 aromatic heterocycles. The standard InChI is InChI=1S/C16H18ClNO2/c17-13-6-4-12(5-7-13)16(11-18)9-14(10-16)20-15-3-1-2-8-19-15/h4-7,14-15H,1-3,8-10H2. The van der Waals surface area contributed by atoms with Crippen LogP contribution in [0.5, 0.6) is 0 Å². The summed E-state index contributed by atoms with van der Waals surface area (Å²) < 4.78 is 11.5. The lowest BCUT2D eigenvalue weighted by atomic mass is 9.63. The van der Waals surface area contributed by atoms with Crippen molar-refractivity contribution in [1.82, 2.24) is 0 Å². The first kappa shape index (κ1) is 13.9. The molecule has 1 unspecified atom stereocenters. The lowest BCUT2D eigenvalue weighted by Gasteiger charge is -2.44. The fraction of sp³-hybridized carbons (Fsp3) is 0.562. The van der Waals surface area contributed by atoms with Crippen LogP contribution >= 0.6 is 11.6 Å². The van der Waals surface area contributed by atoms with Crippen LogP contribution in [0.15, 0.2) is 24.3 Å². The Morgan fingerprint density at radius 2 is 2.00 bits per heavy atom. The fourth-order valence-corrected chi connectivity index (χ4v) is 3.13. The third-order valence-electron chi connectivity index (χ3n) is 4.25. The van der Waals surface area contributed by atoms with Crippen molar-refractivity contribution in [2.75, 3.05) is 6.61 Å². The van der Waals surface area contributed by atoms with Crippen LogP contribution in [-0.4, -0.2) is 19.0 Å². The Hall–Kier alpha value is -1.08. The Bertz CT molecular complexity index is 496. The van der Waals surface area contributed by atoms with E-state index in [2.05, 4.69) is 6.07 Å². The van der Waals surface area contributed by atoms with Gasteiger partial charge in [-0.25, -0.2) is 0 Å². The van der Waals surface area contributed by atoms with Crippen LogP contribution in [0.2, 0.25) is 5.02 Å². The zero-order valence-electron chi connectivity index (χ0n) is 11.3. The van der Waals surface area contributed by atoms with Gasteiger partial charge in [-0.2, -0.15) is 5.26 Å². The van der Waals surface area contributed by atoms with E-state index in [9.17, 15) is 5.26 Å². The molecule has 4 heteroatoms. The van der Waals surface area contributed by atoms with Gasteiger partial charge >= 0.3 is 0 Å². The normalized spacial score (nSPS) is 33.2. The van der Waals surface area contributed by atoms with Gasteiger partial charge in [0.05, 0.1) is 17.6 Å². The molecular weight excluding hydrogens is 274 g/mol. The van der Waals surface area contributed by atoms with Crippen LogP contribution in [0, 0.1) is 11.3 Å². The van der Waals surface area contributed by atoms with E-state index < -0.39 is 5.41 Å². The van der Waals surface area contributed by atoms with E-state index in [4.69, 9.17) is 21.1 Å². The van der Waals surface area contributed by atoms with Gasteiger partial charge in [-0.1, -0.05) is 23.7 Å². The average molecular weight is 292 g/mol. The van der Waals surface area contributed by atoms with Crippen molar-refractivity contribution in [2.24, 2.45) is 0 Å². The molecular formula is C16H18ClNO2. The number of nitriles is 1. The molecule has 2 fully saturated rings. The highest BCUT2D eigenvalue weighted by molar-refractivity contribution is 6.30. The van der Waals surface area contributed by atoms with Crippen molar-refractivity contribution in [3.05, 3.63) is 34.9 Å². The minimum Gasteiger partial charge on any atom is -0.353 e. The number of hydrogen-bond acceptors (Lipinski definition) is 3. The molecule has 20 heavy (non-hydrogen) atoms. The summed E-state index contributed by atoms with van der Waals surface area (Å²) in [6, 6.07) is 10.0. The minimum atomic E-state index is -0.413. The molecule has 1 aromatic carbocycles. The Morgan fingerprint density at radius 3 is 2.60 bits per heavy atom. The number of rotatable bonds is 3. The summed E-state index contributed by atoms with van der Waals surface area (Å²) in [7, 11) is 0. The SMILES string of the molecule is N#CC1(c2ccc(Cl)cc2)CC(OC2CCCCO2)C1. The highest BCUT2D eigenvalue weighted by Gasteiger charge is 2.47. The number of ether oxygens (including phenoxy) is 2. The topological polar surface area (TPSA) is 42.2 Å². The van der Waals surface area contributed by atoms with Gasteiger partial charge in [0.15, 0.2) is 6.29 Å². The molecule has 3 rings (SSSR count). The summed E-state index contributed by atoms with van der Waals surface area (Å²) in [5, 5.41) is 10.2. The van der Waals surface area contributed by atoms with Gasteiger partial charge in [0.2, 0.25) is 0 Å². The van der Waals surface area contributed by atoms with Crippen molar-refractivity contribution in [1.29, 1.82) is 5.26 Å². The Labute approximate surface area is 124 Å². The smallest absolute Gasteiger partial charge is 0.157 e. The third kappa shape index (κ3) is 2.69. The number of benzene rings is 1. The van der Waals surface area contributed by atoms with Crippen LogP contribution in [0.25, 0.3) is 0 Å². The van der Waals surface area contributed by atoms with Crippen LogP contribution < -0.4 is 0 Å². The second-order valence-electron chi connectivity index (χ2n) is 5.66. The van der Waals surface area contributed by atoms with E-state index in [1.54, 1.807) is 0 Å². The summed E-state index contributed by atoms with van der Waals surface area (Å²) in [5.74, 6) is 0. The lowest BCUT2D eigenvalue weighted by Crippen LogP contribution is -2.47. The van der Waals surface area contributed by atoms with Crippen molar-refractivity contribution in [3.8, 4) is 6.07 Å². The van der Waals surface area contributed by atoms with Crippen molar-refractivity contribution in [3.63, 3.8) is 0 Å². The van der Waals surface area contributed by atoms with E-state index in [0.717, 1.165) is 44.3 Å². The average Bonchev–Trinajstić information content (AvgIpc) is 2.45. The molecule has 0 amide bonds. The van der Waals surface area contributed by atoms with Crippen LogP contribution in [0.4, 0.5) is 0 Å². The molecule has 1 aliphatic heterocycles. The first-order valence-electron chi connectivity index (χ1n) is 7.16. The summed E-state index contributed by atoms with van der Waals surface area (Å²) in [6.07, 6.45) is 4.80. The first-order valence-corrected chi connectivity index (χ1v) is 7.54. The van der Waals surface area contributed by atoms with Crippen molar-refractivity contribution in [2.45, 2.75) is 49.9 Å². The van der Waals surface area contributed by atoms with Crippen LogP contribution in [-0.2, 0) is 14.9 Å². The van der Waals surface area contributed by atoms with Gasteiger partial charge in [0.25, 0.3) is 0 Å². The number of halogens is 1. The monoisotopic (exact) mass is 291 g/mol. The van der Waals surface area contributed by atoms with E-state index in [1.807, 2.05) is 24.3 Å². The molecule has 0 bridgehead atoms. The summed E-state index contributed by atoms with van der Waals surface area (Å²) in [6.45, 7) is 0.790. The second kappa shape index (κ2) is 5.73. The number of hydrogen-bond donors (Lipinski definition) is 0. The predicted molar refractivity (Wildman–Crippen MR) is 76.4 cm³/mol. The third-order valence-corrected chi connectivity index (χ3v) is 4.50. The van der Waals surface area contributed by atoms with E-state index >= 15 is 0 Å². The highest BCUT2D eigenvalue weighted by atomic mass is 35.5. The maximum Gasteiger partial charge on any atom is 0.157 e. The second-order valence-corrected chi connectivity index (χ2v) is 6.10. The van der Waals surface area contributed by atoms with Gasteiger partial charge in [-0.3, -0.25) is 0 Å². The molecule has 1 saturated carbocycles. The minimum absolute atomic E-state index is 0.0735. The van der Waals surface area contributed by atoms with Gasteiger partial charge < -0.3 is 9.47 Å². The van der Waals surface area contributed by atoms with E-state index in [1.165, 1.54) is 0 Å². The van der Waals surface area contributed by atoms with Gasteiger partial charge in [-0.05, 0) is 49.8 Å². The molecule has 1 aromatic rings. The Kier molecular flexibility index (Phi) is 3.98. The maximum atomic E-state index is 9.51. The largest absolute Gasteiger partial charge is 0.353 e. The Balaban J connectivity index is 1.61. The molecule has 1 saturated heterocycles. The molecule has 3 nitrogen and oxygen atoms in total. The van der Waals surface area contributed by atoms with E-state index in [-0.39, 0.29) is 12.4 Å². The first-order chi connectivity index (χ1) is 9.72. The van der Waals surface area contributed by atoms with E-state index in [0.29, 0.717) is 5.02 Å². The fourth-order valence-electron chi connectivity index (χ4n) is 3.01. The summed E-state index contributed by atoms with van der Waals surface area (Å²) >= 11 is 5.90. The molecule has 1 atom stereocenters. The van der Waals surface area contributed by atoms with Crippen molar-refractivity contribution >= 4 is 11.6 Å². The highest BCUT2D eigenvalue weighted by Crippen LogP contribution is 2.45. The molecule has 0 radical (unpaired) electrons. The zero-order chi connectivity index (χ0) is 14.0. The predicted octanol–water partition coefficient (Wildman–Crippen LogP) is 3.81. The van der Waals surface area contributed by atoms with Gasteiger partial charge in [0, 0.05) is 11.6 Å². The summed E-state index contributed by atoms with van der Waals surface area (Å²) in [5.41, 5.74) is 0.623. The summed E-state index contributed by atoms with van der Waals surface area (Å²) in [4.78, 5) is 0. The maximum absolute atomic E-state index is 9.51.